The molecule has 1 amide bonds. The van der Waals surface area contributed by atoms with Crippen molar-refractivity contribution in [2.24, 2.45) is 11.8 Å². The second kappa shape index (κ2) is 6.97. The fourth-order valence-electron chi connectivity index (χ4n) is 2.85. The van der Waals surface area contributed by atoms with Gasteiger partial charge in [-0.25, -0.2) is 4.79 Å². The molecule has 2 atom stereocenters. The van der Waals surface area contributed by atoms with E-state index >= 15 is 0 Å². The predicted octanol–water partition coefficient (Wildman–Crippen LogP) is 2.26. The summed E-state index contributed by atoms with van der Waals surface area (Å²) >= 11 is 0. The van der Waals surface area contributed by atoms with Crippen molar-refractivity contribution >= 4 is 6.09 Å². The summed E-state index contributed by atoms with van der Waals surface area (Å²) in [7, 11) is 1.76. The first-order chi connectivity index (χ1) is 9.89. The third-order valence-electron chi connectivity index (χ3n) is 4.14. The molecule has 1 N–H and O–H groups in total. The highest BCUT2D eigenvalue weighted by Gasteiger charge is 2.33. The fourth-order valence-corrected chi connectivity index (χ4v) is 2.85. The smallest absolute Gasteiger partial charge is 0.410 e. The van der Waals surface area contributed by atoms with E-state index in [4.69, 9.17) is 9.47 Å². The van der Waals surface area contributed by atoms with Crippen molar-refractivity contribution in [1.82, 2.24) is 10.2 Å². The summed E-state index contributed by atoms with van der Waals surface area (Å²) in [6.07, 6.45) is 3.50. The third-order valence-corrected chi connectivity index (χ3v) is 4.14. The Morgan fingerprint density at radius 2 is 2.05 bits per heavy atom. The zero-order valence-electron chi connectivity index (χ0n) is 13.9. The normalized spacial score (nSPS) is 24.2. The number of rotatable bonds is 6. The maximum absolute atomic E-state index is 12.0. The highest BCUT2D eigenvalue weighted by Crippen LogP contribution is 2.33. The van der Waals surface area contributed by atoms with Crippen molar-refractivity contribution in [3.05, 3.63) is 0 Å². The van der Waals surface area contributed by atoms with Crippen LogP contribution in [0.25, 0.3) is 0 Å². The van der Waals surface area contributed by atoms with Crippen LogP contribution in [0.5, 0.6) is 0 Å². The van der Waals surface area contributed by atoms with Crippen LogP contribution < -0.4 is 5.32 Å². The number of likely N-dealkylation sites (tertiary alicyclic amines) is 1. The highest BCUT2D eigenvalue weighted by atomic mass is 16.6. The number of carbonyl (C=O) groups is 1. The molecule has 2 fully saturated rings. The zero-order chi connectivity index (χ0) is 15.5. The van der Waals surface area contributed by atoms with Gasteiger partial charge in [0.05, 0.1) is 6.61 Å². The molecule has 122 valence electrons. The lowest BCUT2D eigenvalue weighted by molar-refractivity contribution is 0.0288. The van der Waals surface area contributed by atoms with E-state index in [2.05, 4.69) is 5.32 Å². The maximum atomic E-state index is 12.0. The van der Waals surface area contributed by atoms with Gasteiger partial charge >= 0.3 is 6.09 Å². The minimum Gasteiger partial charge on any atom is -0.444 e. The molecule has 21 heavy (non-hydrogen) atoms. The van der Waals surface area contributed by atoms with Crippen LogP contribution in [-0.2, 0) is 9.47 Å². The van der Waals surface area contributed by atoms with E-state index in [1.807, 2.05) is 25.7 Å². The molecule has 1 aliphatic carbocycles. The van der Waals surface area contributed by atoms with Gasteiger partial charge < -0.3 is 19.7 Å². The van der Waals surface area contributed by atoms with Crippen molar-refractivity contribution in [2.45, 2.75) is 51.7 Å². The van der Waals surface area contributed by atoms with Crippen molar-refractivity contribution in [3.8, 4) is 0 Å². The standard InChI is InChI=1S/C16H30N2O3/c1-16(2,3)21-15(19)18-8-7-12(10-18)9-17-14(11-20-4)13-5-6-13/h12-14,17H,5-11H2,1-4H3. The molecular weight excluding hydrogens is 268 g/mol. The molecule has 0 aromatic heterocycles. The van der Waals surface area contributed by atoms with E-state index in [0.717, 1.165) is 38.6 Å². The van der Waals surface area contributed by atoms with Gasteiger partial charge in [0.25, 0.3) is 0 Å². The molecule has 0 bridgehead atoms. The van der Waals surface area contributed by atoms with Gasteiger partial charge in [-0.15, -0.1) is 0 Å². The van der Waals surface area contributed by atoms with Gasteiger partial charge in [0.2, 0.25) is 0 Å². The monoisotopic (exact) mass is 298 g/mol. The Kier molecular flexibility index (Phi) is 5.49. The van der Waals surface area contributed by atoms with E-state index in [1.165, 1.54) is 12.8 Å². The quantitative estimate of drug-likeness (QED) is 0.817. The van der Waals surface area contributed by atoms with E-state index in [0.29, 0.717) is 12.0 Å². The molecule has 1 saturated heterocycles. The average Bonchev–Trinajstić information content (AvgIpc) is 3.10. The maximum Gasteiger partial charge on any atom is 0.410 e. The molecule has 5 nitrogen and oxygen atoms in total. The Bertz CT molecular complexity index is 350. The topological polar surface area (TPSA) is 50.8 Å². The Hall–Kier alpha value is -0.810. The number of nitrogens with zero attached hydrogens (tertiary/aromatic N) is 1. The van der Waals surface area contributed by atoms with Crippen LogP contribution in [0, 0.1) is 11.8 Å². The lowest BCUT2D eigenvalue weighted by Crippen LogP contribution is -2.40. The average molecular weight is 298 g/mol. The van der Waals surface area contributed by atoms with Crippen LogP contribution in [-0.4, -0.2) is 56.0 Å². The molecule has 0 aromatic carbocycles. The molecule has 2 rings (SSSR count). The van der Waals surface area contributed by atoms with Crippen LogP contribution >= 0.6 is 0 Å². The first-order valence-corrected chi connectivity index (χ1v) is 8.09. The lowest BCUT2D eigenvalue weighted by atomic mass is 10.1. The first-order valence-electron chi connectivity index (χ1n) is 8.09. The summed E-state index contributed by atoms with van der Waals surface area (Å²) in [5, 5.41) is 3.63. The Labute approximate surface area is 128 Å². The Morgan fingerprint density at radius 1 is 1.33 bits per heavy atom. The van der Waals surface area contributed by atoms with Crippen molar-refractivity contribution in [3.63, 3.8) is 0 Å². The molecule has 0 spiro atoms. The van der Waals surface area contributed by atoms with Gasteiger partial charge in [0.15, 0.2) is 0 Å². The van der Waals surface area contributed by atoms with Crippen molar-refractivity contribution in [2.75, 3.05) is 33.4 Å². The number of carbonyl (C=O) groups excluding carboxylic acids is 1. The number of ether oxygens (including phenoxy) is 2. The van der Waals surface area contributed by atoms with Gasteiger partial charge in [-0.3, -0.25) is 0 Å². The Balaban J connectivity index is 1.71. The van der Waals surface area contributed by atoms with E-state index in [-0.39, 0.29) is 6.09 Å². The van der Waals surface area contributed by atoms with Gasteiger partial charge in [0.1, 0.15) is 5.60 Å². The van der Waals surface area contributed by atoms with Crippen molar-refractivity contribution in [1.29, 1.82) is 0 Å². The summed E-state index contributed by atoms with van der Waals surface area (Å²) in [6, 6.07) is 0.477. The summed E-state index contributed by atoms with van der Waals surface area (Å²) in [4.78, 5) is 13.9. The number of hydrogen-bond donors (Lipinski definition) is 1. The number of methoxy groups -OCH3 is 1. The van der Waals surface area contributed by atoms with Gasteiger partial charge in [-0.05, 0) is 51.9 Å². The molecular formula is C16H30N2O3. The molecule has 2 aliphatic rings. The van der Waals surface area contributed by atoms with Crippen molar-refractivity contribution < 1.29 is 14.3 Å². The minimum atomic E-state index is -0.414. The number of nitrogens with one attached hydrogen (secondary N) is 1. The minimum absolute atomic E-state index is 0.180. The molecule has 1 saturated carbocycles. The van der Waals surface area contributed by atoms with Gasteiger partial charge in [-0.2, -0.15) is 0 Å². The van der Waals surface area contributed by atoms with E-state index in [9.17, 15) is 4.79 Å². The molecule has 0 aromatic rings. The molecule has 5 heteroatoms. The van der Waals surface area contributed by atoms with E-state index < -0.39 is 5.60 Å². The van der Waals surface area contributed by atoms with Gasteiger partial charge in [-0.1, -0.05) is 0 Å². The molecule has 1 heterocycles. The summed E-state index contributed by atoms with van der Waals surface area (Å²) in [6.45, 7) is 9.07. The van der Waals surface area contributed by atoms with Crippen LogP contribution in [0.3, 0.4) is 0 Å². The second-order valence-electron chi connectivity index (χ2n) is 7.39. The summed E-state index contributed by atoms with van der Waals surface area (Å²) < 4.78 is 10.7. The first kappa shape index (κ1) is 16.6. The number of hydrogen-bond acceptors (Lipinski definition) is 4. The molecule has 1 aliphatic heterocycles. The lowest BCUT2D eigenvalue weighted by Gasteiger charge is -2.24. The fraction of sp³-hybridized carbons (Fsp3) is 0.938. The predicted molar refractivity (Wildman–Crippen MR) is 82.3 cm³/mol. The zero-order valence-corrected chi connectivity index (χ0v) is 13.9. The van der Waals surface area contributed by atoms with Crippen LogP contribution in [0.1, 0.15) is 40.0 Å². The van der Waals surface area contributed by atoms with Crippen LogP contribution in [0.15, 0.2) is 0 Å². The molecule has 2 unspecified atom stereocenters. The van der Waals surface area contributed by atoms with E-state index in [1.54, 1.807) is 7.11 Å². The van der Waals surface area contributed by atoms with Gasteiger partial charge in [0, 0.05) is 32.8 Å². The number of amides is 1. The highest BCUT2D eigenvalue weighted by molar-refractivity contribution is 5.68. The Morgan fingerprint density at radius 3 is 2.62 bits per heavy atom. The third kappa shape index (κ3) is 5.47. The largest absolute Gasteiger partial charge is 0.444 e. The summed E-state index contributed by atoms with van der Waals surface area (Å²) in [5.41, 5.74) is -0.414. The van der Waals surface area contributed by atoms with Crippen LogP contribution in [0.4, 0.5) is 4.79 Å². The summed E-state index contributed by atoms with van der Waals surface area (Å²) in [5.74, 6) is 1.31. The van der Waals surface area contributed by atoms with Crippen LogP contribution in [0.2, 0.25) is 0 Å². The second-order valence-corrected chi connectivity index (χ2v) is 7.39. The molecule has 0 radical (unpaired) electrons. The SMILES string of the molecule is COCC(NCC1CCN(C(=O)OC(C)(C)C)C1)C1CC1.